The lowest BCUT2D eigenvalue weighted by Crippen LogP contribution is -2.43. The van der Waals surface area contributed by atoms with Crippen molar-refractivity contribution < 1.29 is 19.0 Å². The Balaban J connectivity index is 1.92. The van der Waals surface area contributed by atoms with Crippen LogP contribution in [0.15, 0.2) is 48.0 Å². The molecule has 1 amide bonds. The molecule has 0 saturated carbocycles. The van der Waals surface area contributed by atoms with Crippen molar-refractivity contribution in [2.75, 3.05) is 47.5 Å². The molecule has 178 valence electrons. The van der Waals surface area contributed by atoms with Crippen LogP contribution in [-0.2, 0) is 0 Å². The molecule has 6 nitrogen and oxygen atoms in total. The van der Waals surface area contributed by atoms with Crippen molar-refractivity contribution in [2.24, 2.45) is 0 Å². The van der Waals surface area contributed by atoms with E-state index in [0.717, 1.165) is 30.6 Å². The summed E-state index contributed by atoms with van der Waals surface area (Å²) in [4.78, 5) is 18.2. The number of benzene rings is 2. The molecule has 0 aliphatic carbocycles. The Labute approximate surface area is 197 Å². The SMILES string of the molecule is CCN1CCCC1CN(C/C(C)=C/c1ccccc1)C(=O)c1cc(OC)c(OC)c(OC)c1. The number of carbonyl (C=O) groups is 1. The maximum Gasteiger partial charge on any atom is 0.254 e. The fraction of sp³-hybridized carbons (Fsp3) is 0.444. The Morgan fingerprint density at radius 1 is 1.09 bits per heavy atom. The van der Waals surface area contributed by atoms with Gasteiger partial charge in [0.05, 0.1) is 21.3 Å². The maximum absolute atomic E-state index is 13.8. The van der Waals surface area contributed by atoms with E-state index >= 15 is 0 Å². The lowest BCUT2D eigenvalue weighted by Gasteiger charge is -2.31. The number of ether oxygens (including phenoxy) is 3. The molecular weight excluding hydrogens is 416 g/mol. The monoisotopic (exact) mass is 452 g/mol. The second-order valence-electron chi connectivity index (χ2n) is 8.43. The predicted octanol–water partition coefficient (Wildman–Crippen LogP) is 4.74. The van der Waals surface area contributed by atoms with Crippen molar-refractivity contribution in [3.8, 4) is 17.2 Å². The summed E-state index contributed by atoms with van der Waals surface area (Å²) < 4.78 is 16.4. The average molecular weight is 453 g/mol. The zero-order chi connectivity index (χ0) is 23.8. The Hall–Kier alpha value is -2.99. The first-order valence-electron chi connectivity index (χ1n) is 11.6. The van der Waals surface area contributed by atoms with Crippen LogP contribution in [0.3, 0.4) is 0 Å². The minimum absolute atomic E-state index is 0.0435. The van der Waals surface area contributed by atoms with Crippen molar-refractivity contribution in [3.63, 3.8) is 0 Å². The van der Waals surface area contributed by atoms with Crippen molar-refractivity contribution >= 4 is 12.0 Å². The molecule has 0 radical (unpaired) electrons. The summed E-state index contributed by atoms with van der Waals surface area (Å²) in [5, 5.41) is 0. The van der Waals surface area contributed by atoms with Crippen LogP contribution < -0.4 is 14.2 Å². The number of nitrogens with zero attached hydrogens (tertiary/aromatic N) is 2. The van der Waals surface area contributed by atoms with Gasteiger partial charge in [0, 0.05) is 24.7 Å². The number of hydrogen-bond acceptors (Lipinski definition) is 5. The van der Waals surface area contributed by atoms with E-state index in [1.807, 2.05) is 23.1 Å². The first-order chi connectivity index (χ1) is 16.0. The molecule has 1 unspecified atom stereocenters. The first kappa shape index (κ1) is 24.6. The van der Waals surface area contributed by atoms with Crippen LogP contribution >= 0.6 is 0 Å². The summed E-state index contributed by atoms with van der Waals surface area (Å²) >= 11 is 0. The highest BCUT2D eigenvalue weighted by atomic mass is 16.5. The van der Waals surface area contributed by atoms with E-state index < -0.39 is 0 Å². The van der Waals surface area contributed by atoms with Gasteiger partial charge in [-0.05, 0) is 50.6 Å². The Morgan fingerprint density at radius 2 is 1.76 bits per heavy atom. The number of carbonyl (C=O) groups excluding carboxylic acids is 1. The Kier molecular flexibility index (Phi) is 8.78. The number of hydrogen-bond donors (Lipinski definition) is 0. The Morgan fingerprint density at radius 3 is 2.33 bits per heavy atom. The molecule has 6 heteroatoms. The molecular formula is C27H36N2O4. The van der Waals surface area contributed by atoms with Gasteiger partial charge >= 0.3 is 0 Å². The molecule has 1 aliphatic rings. The summed E-state index contributed by atoms with van der Waals surface area (Å²) in [6, 6.07) is 14.0. The highest BCUT2D eigenvalue weighted by Gasteiger charge is 2.28. The van der Waals surface area contributed by atoms with Crippen LogP contribution in [0.5, 0.6) is 17.2 Å². The highest BCUT2D eigenvalue weighted by Crippen LogP contribution is 2.38. The normalized spacial score (nSPS) is 16.5. The van der Waals surface area contributed by atoms with Crippen molar-refractivity contribution in [1.29, 1.82) is 0 Å². The van der Waals surface area contributed by atoms with E-state index in [1.54, 1.807) is 33.5 Å². The zero-order valence-electron chi connectivity index (χ0n) is 20.5. The van der Waals surface area contributed by atoms with Gasteiger partial charge in [0.2, 0.25) is 5.75 Å². The number of amides is 1. The molecule has 2 aromatic carbocycles. The zero-order valence-corrected chi connectivity index (χ0v) is 20.5. The van der Waals surface area contributed by atoms with Crippen molar-refractivity contribution in [2.45, 2.75) is 32.7 Å². The largest absolute Gasteiger partial charge is 0.493 e. The van der Waals surface area contributed by atoms with E-state index in [0.29, 0.717) is 41.9 Å². The van der Waals surface area contributed by atoms with Gasteiger partial charge in [-0.1, -0.05) is 48.9 Å². The second-order valence-corrected chi connectivity index (χ2v) is 8.43. The predicted molar refractivity (Wildman–Crippen MR) is 132 cm³/mol. The van der Waals surface area contributed by atoms with E-state index in [2.05, 4.69) is 37.0 Å². The quantitative estimate of drug-likeness (QED) is 0.521. The van der Waals surface area contributed by atoms with E-state index in [9.17, 15) is 4.79 Å². The first-order valence-corrected chi connectivity index (χ1v) is 11.6. The van der Waals surface area contributed by atoms with Crippen LogP contribution in [-0.4, -0.2) is 69.3 Å². The molecule has 1 aliphatic heterocycles. The number of likely N-dealkylation sites (tertiary alicyclic amines) is 1. The summed E-state index contributed by atoms with van der Waals surface area (Å²) in [6.45, 7) is 7.59. The van der Waals surface area contributed by atoms with Gasteiger partial charge in [0.1, 0.15) is 0 Å². The maximum atomic E-state index is 13.8. The standard InChI is InChI=1S/C27H36N2O4/c1-6-28-14-10-13-23(28)19-29(18-20(2)15-21-11-8-7-9-12-21)27(30)22-16-24(31-3)26(33-5)25(17-22)32-4/h7-9,11-12,15-17,23H,6,10,13-14,18-19H2,1-5H3/b20-15+. The van der Waals surface area contributed by atoms with Gasteiger partial charge < -0.3 is 19.1 Å². The molecule has 0 bridgehead atoms. The summed E-state index contributed by atoms with van der Waals surface area (Å²) in [7, 11) is 4.69. The number of likely N-dealkylation sites (N-methyl/N-ethyl adjacent to an activating group) is 1. The lowest BCUT2D eigenvalue weighted by atomic mass is 10.1. The fourth-order valence-electron chi connectivity index (χ4n) is 4.56. The minimum Gasteiger partial charge on any atom is -0.493 e. The third-order valence-corrected chi connectivity index (χ3v) is 6.19. The Bertz CT molecular complexity index is 933. The third kappa shape index (κ3) is 6.08. The van der Waals surface area contributed by atoms with Crippen LogP contribution in [0.2, 0.25) is 0 Å². The smallest absolute Gasteiger partial charge is 0.254 e. The van der Waals surface area contributed by atoms with E-state index in [1.165, 1.54) is 6.42 Å². The molecule has 1 atom stereocenters. The molecule has 1 saturated heterocycles. The van der Waals surface area contributed by atoms with Gasteiger partial charge in [-0.2, -0.15) is 0 Å². The molecule has 1 fully saturated rings. The minimum atomic E-state index is -0.0435. The summed E-state index contributed by atoms with van der Waals surface area (Å²) in [5.74, 6) is 1.40. The molecule has 0 spiro atoms. The van der Waals surface area contributed by atoms with Crippen LogP contribution in [0.4, 0.5) is 0 Å². The molecule has 0 aromatic heterocycles. The van der Waals surface area contributed by atoms with E-state index in [-0.39, 0.29) is 5.91 Å². The third-order valence-electron chi connectivity index (χ3n) is 6.19. The van der Waals surface area contributed by atoms with E-state index in [4.69, 9.17) is 14.2 Å². The topological polar surface area (TPSA) is 51.2 Å². The molecule has 3 rings (SSSR count). The van der Waals surface area contributed by atoms with Crippen LogP contribution in [0, 0.1) is 0 Å². The van der Waals surface area contributed by atoms with Crippen molar-refractivity contribution in [3.05, 3.63) is 59.2 Å². The fourth-order valence-corrected chi connectivity index (χ4v) is 4.56. The van der Waals surface area contributed by atoms with Crippen LogP contribution in [0.25, 0.3) is 6.08 Å². The van der Waals surface area contributed by atoms with Gasteiger partial charge in [-0.15, -0.1) is 0 Å². The summed E-state index contributed by atoms with van der Waals surface area (Å²) in [6.07, 6.45) is 4.42. The average Bonchev–Trinajstić information content (AvgIpc) is 3.29. The van der Waals surface area contributed by atoms with Crippen LogP contribution in [0.1, 0.15) is 42.6 Å². The summed E-state index contributed by atoms with van der Waals surface area (Å²) in [5.41, 5.74) is 2.78. The van der Waals surface area contributed by atoms with Crippen molar-refractivity contribution in [1.82, 2.24) is 9.80 Å². The second kappa shape index (κ2) is 11.8. The lowest BCUT2D eigenvalue weighted by molar-refractivity contribution is 0.0724. The van der Waals surface area contributed by atoms with Gasteiger partial charge in [0.25, 0.3) is 5.91 Å². The van der Waals surface area contributed by atoms with Gasteiger partial charge in [-0.25, -0.2) is 0 Å². The number of rotatable bonds is 10. The van der Waals surface area contributed by atoms with Gasteiger partial charge in [-0.3, -0.25) is 9.69 Å². The molecule has 1 heterocycles. The number of methoxy groups -OCH3 is 3. The van der Waals surface area contributed by atoms with Gasteiger partial charge in [0.15, 0.2) is 11.5 Å². The molecule has 33 heavy (non-hydrogen) atoms. The molecule has 0 N–H and O–H groups in total. The molecule has 2 aromatic rings. The highest BCUT2D eigenvalue weighted by molar-refractivity contribution is 5.96.